The van der Waals surface area contributed by atoms with E-state index in [9.17, 15) is 28.0 Å². The number of aliphatic hydroxyl groups excluding tert-OH is 1. The summed E-state index contributed by atoms with van der Waals surface area (Å²) >= 11 is 0. The van der Waals surface area contributed by atoms with Crippen LogP contribution in [0.4, 0.5) is 5.69 Å². The molecule has 1 aromatic heterocycles. The number of aliphatic imine (C=N–C) groups is 1. The third-order valence-corrected chi connectivity index (χ3v) is 4.70. The van der Waals surface area contributed by atoms with Crippen molar-refractivity contribution in [2.45, 2.75) is 6.54 Å². The number of carbonyl (C=O) groups is 1. The Labute approximate surface area is 147 Å². The minimum Gasteiger partial charge on any atom is -0.494 e. The number of allylic oxidation sites excluding steroid dienone is 1. The molecule has 0 saturated heterocycles. The van der Waals surface area contributed by atoms with E-state index in [0.29, 0.717) is 0 Å². The number of aromatic hydroxyl groups is 2. The van der Waals surface area contributed by atoms with Gasteiger partial charge in [0.1, 0.15) is 16.3 Å². The van der Waals surface area contributed by atoms with Gasteiger partial charge in [0.15, 0.2) is 5.88 Å². The lowest BCUT2D eigenvalue weighted by molar-refractivity contribution is -0.108. The van der Waals surface area contributed by atoms with Gasteiger partial charge in [-0.05, 0) is 0 Å². The number of ketones is 1. The molecule has 1 aromatic carbocycles. The van der Waals surface area contributed by atoms with Crippen molar-refractivity contribution in [2.24, 2.45) is 4.99 Å². The molecule has 0 fully saturated rings. The second-order valence-corrected chi connectivity index (χ2v) is 6.83. The molecular formula is C16H14N2O7S. The summed E-state index contributed by atoms with van der Waals surface area (Å²) in [6, 6.07) is 7.06. The van der Waals surface area contributed by atoms with Gasteiger partial charge in [-0.3, -0.25) is 13.9 Å². The van der Waals surface area contributed by atoms with Crippen LogP contribution in [0.15, 0.2) is 41.4 Å². The fourth-order valence-corrected chi connectivity index (χ4v) is 3.38. The molecule has 0 spiro atoms. The Kier molecular flexibility index (Phi) is 4.40. The highest BCUT2D eigenvalue weighted by Gasteiger charge is 2.30. The minimum absolute atomic E-state index is 0.0835. The number of aliphatic hydroxyl groups is 1. The summed E-state index contributed by atoms with van der Waals surface area (Å²) in [5.74, 6) is -1.61. The molecule has 26 heavy (non-hydrogen) atoms. The van der Waals surface area contributed by atoms with Crippen LogP contribution >= 0.6 is 0 Å². The van der Waals surface area contributed by atoms with Crippen molar-refractivity contribution < 1.29 is 33.1 Å². The van der Waals surface area contributed by atoms with E-state index >= 15 is 0 Å². The normalized spacial score (nSPS) is 15.8. The van der Waals surface area contributed by atoms with E-state index in [-0.39, 0.29) is 41.6 Å². The molecule has 3 rings (SSSR count). The van der Waals surface area contributed by atoms with E-state index in [1.54, 1.807) is 6.07 Å². The van der Waals surface area contributed by atoms with Crippen LogP contribution in [0.25, 0.3) is 4.91 Å². The molecule has 0 atom stereocenters. The molecule has 4 N–H and O–H groups in total. The second kappa shape index (κ2) is 6.41. The Morgan fingerprint density at radius 1 is 1.12 bits per heavy atom. The lowest BCUT2D eigenvalue weighted by Gasteiger charge is -2.16. The van der Waals surface area contributed by atoms with Gasteiger partial charge in [0.25, 0.3) is 10.1 Å². The van der Waals surface area contributed by atoms with Crippen LogP contribution in [0.2, 0.25) is 0 Å². The van der Waals surface area contributed by atoms with Crippen LogP contribution < -0.4 is 0 Å². The number of nitrogens with zero attached hydrogens (tertiary/aromatic N) is 2. The summed E-state index contributed by atoms with van der Waals surface area (Å²) in [6.07, 6.45) is 0.748. The molecule has 0 aliphatic heterocycles. The van der Waals surface area contributed by atoms with E-state index in [1.165, 1.54) is 18.2 Å². The monoisotopic (exact) mass is 378 g/mol. The lowest BCUT2D eigenvalue weighted by atomic mass is 9.94. The maximum Gasteiger partial charge on any atom is 0.295 e. The molecule has 1 heterocycles. The predicted molar refractivity (Wildman–Crippen MR) is 92.0 cm³/mol. The first kappa shape index (κ1) is 17.9. The van der Waals surface area contributed by atoms with Crippen molar-refractivity contribution in [1.29, 1.82) is 0 Å². The van der Waals surface area contributed by atoms with Crippen molar-refractivity contribution >= 4 is 32.2 Å². The molecule has 1 aliphatic carbocycles. The van der Waals surface area contributed by atoms with E-state index in [1.807, 2.05) is 0 Å². The molecule has 136 valence electrons. The summed E-state index contributed by atoms with van der Waals surface area (Å²) < 4.78 is 33.4. The van der Waals surface area contributed by atoms with Crippen molar-refractivity contribution in [3.05, 3.63) is 47.5 Å². The molecule has 0 bridgehead atoms. The largest absolute Gasteiger partial charge is 0.494 e. The second-order valence-electron chi connectivity index (χ2n) is 5.44. The molecule has 2 aromatic rings. The first-order chi connectivity index (χ1) is 12.2. The molecule has 0 radical (unpaired) electrons. The van der Waals surface area contributed by atoms with Gasteiger partial charge in [-0.25, -0.2) is 4.99 Å². The zero-order chi connectivity index (χ0) is 19.1. The van der Waals surface area contributed by atoms with E-state index in [2.05, 4.69) is 4.99 Å². The molecule has 0 unspecified atom stereocenters. The summed E-state index contributed by atoms with van der Waals surface area (Å²) in [5, 5.41) is 28.9. The Hall–Kier alpha value is -2.95. The Balaban J connectivity index is 2.19. The minimum atomic E-state index is -4.62. The van der Waals surface area contributed by atoms with Crippen LogP contribution in [0.3, 0.4) is 0 Å². The highest BCUT2D eigenvalue weighted by Crippen LogP contribution is 2.36. The van der Waals surface area contributed by atoms with E-state index < -0.39 is 26.7 Å². The van der Waals surface area contributed by atoms with Gasteiger partial charge in [-0.15, -0.1) is 0 Å². The summed E-state index contributed by atoms with van der Waals surface area (Å²) in [4.78, 5) is 15.9. The van der Waals surface area contributed by atoms with Crippen molar-refractivity contribution in [2.75, 3.05) is 6.61 Å². The average molecular weight is 378 g/mol. The Morgan fingerprint density at radius 3 is 2.38 bits per heavy atom. The van der Waals surface area contributed by atoms with E-state index in [0.717, 1.165) is 16.7 Å². The average Bonchev–Trinajstić information content (AvgIpc) is 2.84. The standard InChI is InChI=1S/C16H14N2O7S/c19-6-5-18-14(21)7-11(16(18)22)17-15-10-4-2-1-3-9(10)13(8-12(15)20)26(23,24)25/h1-4,7-8,19,21-22H,5-6H2,(H,23,24,25). The van der Waals surface area contributed by atoms with Crippen LogP contribution in [0, 0.1) is 0 Å². The highest BCUT2D eigenvalue weighted by atomic mass is 32.2. The number of hydrogen-bond acceptors (Lipinski definition) is 7. The van der Waals surface area contributed by atoms with Crippen LogP contribution in [-0.2, 0) is 21.5 Å². The van der Waals surface area contributed by atoms with Crippen LogP contribution in [-0.4, -0.2) is 51.0 Å². The topological polar surface area (TPSA) is 149 Å². The van der Waals surface area contributed by atoms with Gasteiger partial charge in [-0.1, -0.05) is 24.3 Å². The number of benzene rings is 1. The number of carbonyl (C=O) groups excluding carboxylic acids is 1. The van der Waals surface area contributed by atoms with E-state index in [4.69, 9.17) is 5.11 Å². The zero-order valence-corrected chi connectivity index (χ0v) is 14.0. The van der Waals surface area contributed by atoms with Gasteiger partial charge in [0.2, 0.25) is 11.7 Å². The van der Waals surface area contributed by atoms with Crippen LogP contribution in [0.5, 0.6) is 11.8 Å². The third-order valence-electron chi connectivity index (χ3n) is 3.80. The van der Waals surface area contributed by atoms with Gasteiger partial charge in [-0.2, -0.15) is 8.42 Å². The summed E-state index contributed by atoms with van der Waals surface area (Å²) in [5.41, 5.74) is -0.0458. The molecule has 0 saturated carbocycles. The maximum atomic E-state index is 12.4. The third kappa shape index (κ3) is 3.01. The van der Waals surface area contributed by atoms with Crippen LogP contribution in [0.1, 0.15) is 11.1 Å². The van der Waals surface area contributed by atoms with Crippen molar-refractivity contribution in [3.63, 3.8) is 0 Å². The smallest absolute Gasteiger partial charge is 0.295 e. The number of fused-ring (bicyclic) bond motifs is 1. The zero-order valence-electron chi connectivity index (χ0n) is 13.2. The molecule has 9 nitrogen and oxygen atoms in total. The lowest BCUT2D eigenvalue weighted by Crippen LogP contribution is -2.22. The Bertz CT molecular complexity index is 1060. The van der Waals surface area contributed by atoms with Crippen molar-refractivity contribution in [1.82, 2.24) is 4.57 Å². The predicted octanol–water partition coefficient (Wildman–Crippen LogP) is 0.824. The first-order valence-corrected chi connectivity index (χ1v) is 8.82. The fourth-order valence-electron chi connectivity index (χ4n) is 2.67. The summed E-state index contributed by atoms with van der Waals surface area (Å²) in [7, 11) is -4.62. The first-order valence-electron chi connectivity index (χ1n) is 7.38. The highest BCUT2D eigenvalue weighted by molar-refractivity contribution is 7.95. The van der Waals surface area contributed by atoms with Gasteiger partial charge >= 0.3 is 0 Å². The quantitative estimate of drug-likeness (QED) is 0.575. The van der Waals surface area contributed by atoms with Crippen molar-refractivity contribution in [3.8, 4) is 11.8 Å². The molecule has 0 amide bonds. The number of hydrogen-bond donors (Lipinski definition) is 4. The van der Waals surface area contributed by atoms with Gasteiger partial charge in [0, 0.05) is 23.3 Å². The fraction of sp³-hybridized carbons (Fsp3) is 0.125. The maximum absolute atomic E-state index is 12.4. The van der Waals surface area contributed by atoms with Gasteiger partial charge in [0.05, 0.1) is 13.2 Å². The molecule has 1 aliphatic rings. The molecular weight excluding hydrogens is 364 g/mol. The Morgan fingerprint density at radius 2 is 1.77 bits per heavy atom. The number of rotatable bonds is 4. The molecule has 10 heteroatoms. The number of aromatic nitrogens is 1. The van der Waals surface area contributed by atoms with Gasteiger partial charge < -0.3 is 15.3 Å². The SMILES string of the molecule is O=C1C=C(S(=O)(=O)O)c2ccccc2C1=Nc1cc(O)n(CCO)c1O. The summed E-state index contributed by atoms with van der Waals surface area (Å²) in [6.45, 7) is -0.423.